The van der Waals surface area contributed by atoms with Crippen molar-refractivity contribution >= 4 is 23.4 Å². The third kappa shape index (κ3) is 2.43. The molecule has 72 valence electrons. The number of rotatable bonds is 1. The first-order valence-electron chi connectivity index (χ1n) is 3.84. The molecule has 0 aliphatic carbocycles. The maximum Gasteiger partial charge on any atom is 0.345 e. The van der Waals surface area contributed by atoms with Gasteiger partial charge in [0.25, 0.3) is 0 Å². The van der Waals surface area contributed by atoms with Crippen LogP contribution in [-0.2, 0) is 4.74 Å². The van der Waals surface area contributed by atoms with Crippen molar-refractivity contribution in [2.45, 2.75) is 6.92 Å². The summed E-state index contributed by atoms with van der Waals surface area (Å²) in [6.07, 6.45) is 0. The second-order valence-corrected chi connectivity index (χ2v) is 2.93. The van der Waals surface area contributed by atoms with Crippen LogP contribution in [0.25, 0.3) is 0 Å². The zero-order chi connectivity index (χ0) is 10.6. The van der Waals surface area contributed by atoms with Gasteiger partial charge in [-0.05, 0) is 30.8 Å². The standard InChI is InChI=1S/C9H8N2O2S/c1-6-4-2-3-5-7(6)8(12)13-9(14)11-10/h2-5,10H,1H3. The number of aryl methyl sites for hydroxylation is 1. The minimum Gasteiger partial charge on any atom is -0.392 e. The molecule has 1 aromatic carbocycles. The van der Waals surface area contributed by atoms with Crippen LogP contribution in [0.5, 0.6) is 0 Å². The van der Waals surface area contributed by atoms with Gasteiger partial charge in [0.2, 0.25) is 0 Å². The molecule has 0 saturated heterocycles. The highest BCUT2D eigenvalue weighted by atomic mass is 32.1. The molecule has 14 heavy (non-hydrogen) atoms. The van der Waals surface area contributed by atoms with Crippen molar-refractivity contribution in [1.82, 2.24) is 0 Å². The molecule has 0 heterocycles. The highest BCUT2D eigenvalue weighted by molar-refractivity contribution is 7.80. The zero-order valence-electron chi connectivity index (χ0n) is 7.48. The van der Waals surface area contributed by atoms with Gasteiger partial charge in [0.1, 0.15) is 0 Å². The van der Waals surface area contributed by atoms with E-state index in [1.54, 1.807) is 25.1 Å². The van der Waals surface area contributed by atoms with Gasteiger partial charge in [-0.25, -0.2) is 10.3 Å². The predicted octanol–water partition coefficient (Wildman–Crippen LogP) is 2.47. The predicted molar refractivity (Wildman–Crippen MR) is 54.3 cm³/mol. The van der Waals surface area contributed by atoms with E-state index in [0.29, 0.717) is 5.56 Å². The maximum atomic E-state index is 11.4. The Morgan fingerprint density at radius 3 is 2.71 bits per heavy atom. The quantitative estimate of drug-likeness (QED) is 0.438. The number of nitrogens with one attached hydrogen (secondary N) is 1. The molecule has 0 amide bonds. The van der Waals surface area contributed by atoms with E-state index in [9.17, 15) is 4.79 Å². The average molecular weight is 208 g/mol. The average Bonchev–Trinajstić information content (AvgIpc) is 2.18. The second-order valence-electron chi connectivity index (χ2n) is 2.58. The lowest BCUT2D eigenvalue weighted by atomic mass is 10.1. The van der Waals surface area contributed by atoms with E-state index in [0.717, 1.165) is 5.56 Å². The summed E-state index contributed by atoms with van der Waals surface area (Å²) in [4.78, 5) is 11.4. The fraction of sp³-hybridized carbons (Fsp3) is 0.111. The number of hydrogen-bond acceptors (Lipinski definition) is 4. The first kappa shape index (κ1) is 10.5. The van der Waals surface area contributed by atoms with Crippen LogP contribution in [0.2, 0.25) is 0 Å². The van der Waals surface area contributed by atoms with Crippen LogP contribution in [0.3, 0.4) is 0 Å². The molecule has 0 radical (unpaired) electrons. The summed E-state index contributed by atoms with van der Waals surface area (Å²) in [5.41, 5.74) is 7.75. The minimum absolute atomic E-state index is 0.377. The van der Waals surface area contributed by atoms with E-state index in [-0.39, 0.29) is 5.17 Å². The third-order valence-corrected chi connectivity index (χ3v) is 1.81. The Morgan fingerprint density at radius 2 is 2.14 bits per heavy atom. The number of carbonyl (C=O) groups excluding carboxylic acids is 1. The van der Waals surface area contributed by atoms with Crippen LogP contribution in [-0.4, -0.2) is 11.1 Å². The highest BCUT2D eigenvalue weighted by Gasteiger charge is 2.11. The summed E-state index contributed by atoms with van der Waals surface area (Å²) < 4.78 is 4.60. The number of nitrogens with zero attached hydrogens (tertiary/aromatic N) is 1. The molecule has 0 unspecified atom stereocenters. The van der Waals surface area contributed by atoms with Crippen molar-refractivity contribution in [1.29, 1.82) is 5.53 Å². The molecule has 0 spiro atoms. The molecule has 0 saturated carbocycles. The molecule has 0 atom stereocenters. The van der Waals surface area contributed by atoms with E-state index < -0.39 is 5.97 Å². The van der Waals surface area contributed by atoms with E-state index >= 15 is 0 Å². The largest absolute Gasteiger partial charge is 0.392 e. The van der Waals surface area contributed by atoms with Gasteiger partial charge in [0.05, 0.1) is 5.56 Å². The van der Waals surface area contributed by atoms with Gasteiger partial charge in [-0.2, -0.15) is 0 Å². The van der Waals surface area contributed by atoms with Crippen molar-refractivity contribution in [3.8, 4) is 0 Å². The maximum absolute atomic E-state index is 11.4. The second kappa shape index (κ2) is 4.57. The van der Waals surface area contributed by atoms with Gasteiger partial charge < -0.3 is 4.74 Å². The Morgan fingerprint density at radius 1 is 1.50 bits per heavy atom. The Hall–Kier alpha value is -1.62. The molecule has 0 fully saturated rings. The van der Waals surface area contributed by atoms with Crippen molar-refractivity contribution in [2.75, 3.05) is 0 Å². The van der Waals surface area contributed by atoms with Crippen molar-refractivity contribution in [3.05, 3.63) is 35.4 Å². The summed E-state index contributed by atoms with van der Waals surface area (Å²) in [5, 5.41) is 2.45. The smallest absolute Gasteiger partial charge is 0.345 e. The van der Waals surface area contributed by atoms with Gasteiger partial charge in [-0.3, -0.25) is 0 Å². The van der Waals surface area contributed by atoms with Gasteiger partial charge in [-0.1, -0.05) is 18.2 Å². The number of benzene rings is 1. The van der Waals surface area contributed by atoms with Crippen LogP contribution < -0.4 is 0 Å². The lowest BCUT2D eigenvalue weighted by Gasteiger charge is -2.03. The molecular weight excluding hydrogens is 200 g/mol. The summed E-state index contributed by atoms with van der Waals surface area (Å²) >= 11 is 4.48. The number of hydrogen-bond donors (Lipinski definition) is 1. The minimum atomic E-state index is -0.580. The highest BCUT2D eigenvalue weighted by Crippen LogP contribution is 2.08. The molecule has 1 aromatic rings. The molecular formula is C9H8N2O2S. The van der Waals surface area contributed by atoms with Gasteiger partial charge in [0, 0.05) is 0 Å². The van der Waals surface area contributed by atoms with Crippen LogP contribution in [0.4, 0.5) is 0 Å². The first-order valence-corrected chi connectivity index (χ1v) is 4.25. The molecule has 4 nitrogen and oxygen atoms in total. The summed E-state index contributed by atoms with van der Waals surface area (Å²) in [5.74, 6) is -0.580. The molecule has 1 N–H and O–H groups in total. The van der Waals surface area contributed by atoms with E-state index in [1.165, 1.54) is 0 Å². The van der Waals surface area contributed by atoms with E-state index in [4.69, 9.17) is 5.53 Å². The third-order valence-electron chi connectivity index (χ3n) is 1.64. The van der Waals surface area contributed by atoms with Gasteiger partial charge in [0.15, 0.2) is 0 Å². The number of carbonyl (C=O) groups is 1. The van der Waals surface area contributed by atoms with E-state index in [2.05, 4.69) is 22.1 Å². The molecule has 0 bridgehead atoms. The number of thiocarbonyl (C=S) groups is 1. The SMILES string of the molecule is Cc1ccccc1C(=O)OC(=S)N=N. The summed E-state index contributed by atoms with van der Waals surface area (Å²) in [6, 6.07) is 6.96. The fourth-order valence-electron chi connectivity index (χ4n) is 0.959. The zero-order valence-corrected chi connectivity index (χ0v) is 8.30. The molecule has 1 rings (SSSR count). The van der Waals surface area contributed by atoms with Crippen LogP contribution in [0.15, 0.2) is 29.4 Å². The summed E-state index contributed by atoms with van der Waals surface area (Å²) in [6.45, 7) is 1.79. The Balaban J connectivity index is 2.85. The van der Waals surface area contributed by atoms with Crippen molar-refractivity contribution in [2.24, 2.45) is 5.11 Å². The Bertz CT molecular complexity index is 390. The molecule has 0 aromatic heterocycles. The van der Waals surface area contributed by atoms with Crippen molar-refractivity contribution in [3.63, 3.8) is 0 Å². The fourth-order valence-corrected chi connectivity index (χ4v) is 1.03. The molecule has 0 aliphatic heterocycles. The lowest BCUT2D eigenvalue weighted by Crippen LogP contribution is -2.09. The molecule has 5 heteroatoms. The number of esters is 1. The molecule has 0 aliphatic rings. The monoisotopic (exact) mass is 208 g/mol. The Labute approximate surface area is 86.4 Å². The lowest BCUT2D eigenvalue weighted by molar-refractivity contribution is 0.0718. The summed E-state index contributed by atoms with van der Waals surface area (Å²) in [7, 11) is 0. The van der Waals surface area contributed by atoms with Crippen LogP contribution in [0, 0.1) is 12.5 Å². The van der Waals surface area contributed by atoms with Gasteiger partial charge in [-0.15, -0.1) is 5.11 Å². The van der Waals surface area contributed by atoms with Crippen LogP contribution >= 0.6 is 12.2 Å². The first-order chi connectivity index (χ1) is 6.65. The van der Waals surface area contributed by atoms with Gasteiger partial charge >= 0.3 is 11.1 Å². The van der Waals surface area contributed by atoms with Crippen molar-refractivity contribution < 1.29 is 9.53 Å². The number of ether oxygens (including phenoxy) is 1. The normalized spacial score (nSPS) is 9.21. The Kier molecular flexibility index (Phi) is 3.41. The topological polar surface area (TPSA) is 62.5 Å². The van der Waals surface area contributed by atoms with E-state index in [1.807, 2.05) is 6.07 Å². The van der Waals surface area contributed by atoms with Crippen LogP contribution in [0.1, 0.15) is 15.9 Å².